The number of fused-ring (bicyclic) bond motifs is 2. The van der Waals surface area contributed by atoms with E-state index in [1.165, 1.54) is 12.8 Å². The lowest BCUT2D eigenvalue weighted by molar-refractivity contribution is -0.130. The van der Waals surface area contributed by atoms with Gasteiger partial charge in [-0.25, -0.2) is 4.98 Å². The number of rotatable bonds is 2. The zero-order valence-electron chi connectivity index (χ0n) is 11.6. The van der Waals surface area contributed by atoms with Crippen LogP contribution in [-0.2, 0) is 11.2 Å². The molecule has 104 valence electrons. The molecule has 1 amide bonds. The van der Waals surface area contributed by atoms with Gasteiger partial charge in [0.1, 0.15) is 0 Å². The molecule has 2 atom stereocenters. The number of carbonyl (C=O) groups is 1. The fourth-order valence-electron chi connectivity index (χ4n) is 3.29. The Morgan fingerprint density at radius 2 is 2.21 bits per heavy atom. The van der Waals surface area contributed by atoms with E-state index in [0.717, 1.165) is 30.2 Å². The monoisotopic (exact) mass is 279 g/mol. The Morgan fingerprint density at radius 1 is 1.42 bits per heavy atom. The quantitative estimate of drug-likeness (QED) is 0.826. The minimum absolute atomic E-state index is 0.242. The molecule has 0 aromatic carbocycles. The van der Waals surface area contributed by atoms with E-state index in [0.29, 0.717) is 18.5 Å². The van der Waals surface area contributed by atoms with E-state index in [-0.39, 0.29) is 5.91 Å². The summed E-state index contributed by atoms with van der Waals surface area (Å²) >= 11 is 1.62. The standard InChI is InChI=1S/C14H21N3OS/c1-10-15-11(9-19-10)7-14(18)17-6-5-12-3-4-13(8-17)16(12)2/h9,12-13H,3-8H2,1-2H3/t12-,13+/m1/s1. The maximum absolute atomic E-state index is 12.4. The molecule has 0 N–H and O–H groups in total. The molecule has 1 aromatic rings. The van der Waals surface area contributed by atoms with E-state index < -0.39 is 0 Å². The molecule has 2 aliphatic heterocycles. The van der Waals surface area contributed by atoms with Gasteiger partial charge < -0.3 is 4.90 Å². The summed E-state index contributed by atoms with van der Waals surface area (Å²) < 4.78 is 0. The van der Waals surface area contributed by atoms with Gasteiger partial charge in [0.2, 0.25) is 5.91 Å². The summed E-state index contributed by atoms with van der Waals surface area (Å²) in [6, 6.07) is 1.25. The summed E-state index contributed by atoms with van der Waals surface area (Å²) in [6.45, 7) is 3.79. The number of aryl methyl sites for hydroxylation is 1. The molecule has 0 radical (unpaired) electrons. The Morgan fingerprint density at radius 3 is 2.95 bits per heavy atom. The largest absolute Gasteiger partial charge is 0.341 e. The van der Waals surface area contributed by atoms with Crippen molar-refractivity contribution >= 4 is 17.2 Å². The van der Waals surface area contributed by atoms with Gasteiger partial charge in [-0.05, 0) is 33.2 Å². The third-order valence-electron chi connectivity index (χ3n) is 4.50. The van der Waals surface area contributed by atoms with Crippen LogP contribution in [-0.4, -0.2) is 52.9 Å². The number of hydrogen-bond acceptors (Lipinski definition) is 4. The molecular formula is C14H21N3OS. The zero-order valence-corrected chi connectivity index (χ0v) is 12.4. The molecule has 4 nitrogen and oxygen atoms in total. The number of likely N-dealkylation sites (tertiary alicyclic amines) is 1. The summed E-state index contributed by atoms with van der Waals surface area (Å²) in [5.41, 5.74) is 0.926. The molecule has 2 fully saturated rings. The number of carbonyl (C=O) groups excluding carboxylic acids is 1. The average Bonchev–Trinajstić information content (AvgIpc) is 2.84. The second-order valence-corrected chi connectivity index (χ2v) is 6.78. The second-order valence-electron chi connectivity index (χ2n) is 5.71. The van der Waals surface area contributed by atoms with Crippen molar-refractivity contribution in [1.82, 2.24) is 14.8 Å². The van der Waals surface area contributed by atoms with Crippen LogP contribution in [0.1, 0.15) is 30.0 Å². The third-order valence-corrected chi connectivity index (χ3v) is 5.32. The van der Waals surface area contributed by atoms with E-state index in [9.17, 15) is 4.79 Å². The summed E-state index contributed by atoms with van der Waals surface area (Å²) in [4.78, 5) is 21.3. The highest BCUT2D eigenvalue weighted by molar-refractivity contribution is 7.09. The number of hydrogen-bond donors (Lipinski definition) is 0. The van der Waals surface area contributed by atoms with E-state index in [1.54, 1.807) is 11.3 Å². The molecule has 2 bridgehead atoms. The number of thiazole rings is 1. The summed E-state index contributed by atoms with van der Waals surface area (Å²) in [5, 5.41) is 3.04. The van der Waals surface area contributed by atoms with Gasteiger partial charge in [-0.2, -0.15) is 0 Å². The Balaban J connectivity index is 1.64. The molecule has 0 saturated carbocycles. The molecule has 2 aliphatic rings. The lowest BCUT2D eigenvalue weighted by atomic mass is 10.1. The second kappa shape index (κ2) is 5.21. The number of amides is 1. The van der Waals surface area contributed by atoms with Crippen LogP contribution in [0.3, 0.4) is 0 Å². The van der Waals surface area contributed by atoms with Crippen molar-refractivity contribution in [2.24, 2.45) is 0 Å². The van der Waals surface area contributed by atoms with Gasteiger partial charge in [0.15, 0.2) is 0 Å². The van der Waals surface area contributed by atoms with Crippen molar-refractivity contribution in [2.45, 2.75) is 44.7 Å². The maximum Gasteiger partial charge on any atom is 0.228 e. The molecule has 0 spiro atoms. The van der Waals surface area contributed by atoms with Gasteiger partial charge >= 0.3 is 0 Å². The molecule has 0 unspecified atom stereocenters. The van der Waals surface area contributed by atoms with E-state index in [4.69, 9.17) is 0 Å². The molecule has 19 heavy (non-hydrogen) atoms. The van der Waals surface area contributed by atoms with Crippen LogP contribution in [0.2, 0.25) is 0 Å². The van der Waals surface area contributed by atoms with Crippen LogP contribution in [0, 0.1) is 6.92 Å². The first kappa shape index (κ1) is 13.1. The number of likely N-dealkylation sites (N-methyl/N-ethyl adjacent to an activating group) is 1. The van der Waals surface area contributed by atoms with Crippen molar-refractivity contribution in [3.8, 4) is 0 Å². The minimum Gasteiger partial charge on any atom is -0.341 e. The summed E-state index contributed by atoms with van der Waals surface area (Å²) in [5.74, 6) is 0.242. The topological polar surface area (TPSA) is 36.4 Å². The summed E-state index contributed by atoms with van der Waals surface area (Å²) in [6.07, 6.45) is 4.12. The van der Waals surface area contributed by atoms with Crippen molar-refractivity contribution < 1.29 is 4.79 Å². The van der Waals surface area contributed by atoms with Gasteiger partial charge in [0, 0.05) is 30.6 Å². The highest BCUT2D eigenvalue weighted by Gasteiger charge is 2.35. The fourth-order valence-corrected chi connectivity index (χ4v) is 3.90. The van der Waals surface area contributed by atoms with Gasteiger partial charge in [-0.1, -0.05) is 0 Å². The van der Waals surface area contributed by atoms with E-state index in [1.807, 2.05) is 12.3 Å². The van der Waals surface area contributed by atoms with Crippen LogP contribution in [0.4, 0.5) is 0 Å². The highest BCUT2D eigenvalue weighted by Crippen LogP contribution is 2.28. The van der Waals surface area contributed by atoms with Crippen molar-refractivity contribution in [3.63, 3.8) is 0 Å². The van der Waals surface area contributed by atoms with Crippen LogP contribution in [0.25, 0.3) is 0 Å². The first-order chi connectivity index (χ1) is 9.13. The maximum atomic E-state index is 12.4. The SMILES string of the molecule is Cc1nc(CC(=O)N2CC[C@H]3CC[C@@H](C2)N3C)cs1. The highest BCUT2D eigenvalue weighted by atomic mass is 32.1. The minimum atomic E-state index is 0.242. The van der Waals surface area contributed by atoms with Gasteiger partial charge in [0.25, 0.3) is 0 Å². The first-order valence-corrected chi connectivity index (χ1v) is 7.92. The van der Waals surface area contributed by atoms with Crippen LogP contribution < -0.4 is 0 Å². The third kappa shape index (κ3) is 2.67. The zero-order chi connectivity index (χ0) is 13.4. The molecule has 2 saturated heterocycles. The molecule has 3 rings (SSSR count). The van der Waals surface area contributed by atoms with Crippen LogP contribution in [0.5, 0.6) is 0 Å². The predicted octanol–water partition coefficient (Wildman–Crippen LogP) is 1.69. The predicted molar refractivity (Wildman–Crippen MR) is 76.3 cm³/mol. The van der Waals surface area contributed by atoms with E-state index >= 15 is 0 Å². The van der Waals surface area contributed by atoms with Crippen molar-refractivity contribution in [1.29, 1.82) is 0 Å². The van der Waals surface area contributed by atoms with E-state index in [2.05, 4.69) is 21.8 Å². The summed E-state index contributed by atoms with van der Waals surface area (Å²) in [7, 11) is 2.21. The Hall–Kier alpha value is -0.940. The first-order valence-electron chi connectivity index (χ1n) is 7.04. The van der Waals surface area contributed by atoms with Crippen molar-refractivity contribution in [3.05, 3.63) is 16.1 Å². The Kier molecular flexibility index (Phi) is 3.58. The molecule has 5 heteroatoms. The number of aromatic nitrogens is 1. The van der Waals surface area contributed by atoms with Gasteiger partial charge in [0.05, 0.1) is 17.1 Å². The van der Waals surface area contributed by atoms with Gasteiger partial charge in [-0.3, -0.25) is 9.69 Å². The lowest BCUT2D eigenvalue weighted by Gasteiger charge is -2.25. The van der Waals surface area contributed by atoms with Crippen LogP contribution in [0.15, 0.2) is 5.38 Å². The smallest absolute Gasteiger partial charge is 0.228 e. The molecule has 1 aromatic heterocycles. The average molecular weight is 279 g/mol. The lowest BCUT2D eigenvalue weighted by Crippen LogP contribution is -2.40. The fraction of sp³-hybridized carbons (Fsp3) is 0.714. The molecule has 3 heterocycles. The number of nitrogens with zero attached hydrogens (tertiary/aromatic N) is 3. The van der Waals surface area contributed by atoms with Crippen LogP contribution >= 0.6 is 11.3 Å². The van der Waals surface area contributed by atoms with Crippen molar-refractivity contribution in [2.75, 3.05) is 20.1 Å². The molecule has 0 aliphatic carbocycles. The normalized spacial score (nSPS) is 27.6. The Bertz CT molecular complexity index is 473. The molecular weight excluding hydrogens is 258 g/mol. The Labute approximate surface area is 118 Å². The van der Waals surface area contributed by atoms with Gasteiger partial charge in [-0.15, -0.1) is 11.3 Å².